The molecule has 1 aliphatic rings. The third-order valence-corrected chi connectivity index (χ3v) is 9.43. The van der Waals surface area contributed by atoms with Crippen LogP contribution < -0.4 is 25.9 Å². The average molecular weight is 707 g/mol. The van der Waals surface area contributed by atoms with Crippen molar-refractivity contribution >= 4 is 27.9 Å². The summed E-state index contributed by atoms with van der Waals surface area (Å²) >= 11 is 0. The number of rotatable bonds is 18. The first-order valence-electron chi connectivity index (χ1n) is 14.9. The van der Waals surface area contributed by atoms with Gasteiger partial charge in [0.15, 0.2) is 11.9 Å². The number of nitrogens with zero attached hydrogens (tertiary/aromatic N) is 1. The van der Waals surface area contributed by atoms with Gasteiger partial charge in [-0.3, -0.25) is 33.0 Å². The number of aromatic nitrogens is 2. The van der Waals surface area contributed by atoms with Crippen molar-refractivity contribution in [2.24, 2.45) is 0 Å². The fraction of sp³-hybridized carbons (Fsp3) is 0.571. The predicted octanol–water partition coefficient (Wildman–Crippen LogP) is 3.00. The lowest BCUT2D eigenvalue weighted by Gasteiger charge is -2.31. The van der Waals surface area contributed by atoms with Crippen LogP contribution in [0.2, 0.25) is 0 Å². The highest BCUT2D eigenvalue weighted by Crippen LogP contribution is 2.53. The number of para-hydroxylation sites is 1. The fourth-order valence-corrected chi connectivity index (χ4v) is 7.00. The van der Waals surface area contributed by atoms with Gasteiger partial charge in [-0.1, -0.05) is 32.0 Å². The quantitative estimate of drug-likeness (QED) is 0.151. The zero-order chi connectivity index (χ0) is 34.8. The van der Waals surface area contributed by atoms with Crippen LogP contribution in [0.3, 0.4) is 0 Å². The number of carbonyl (C=O) groups excluding carboxylic acids is 2. The topological polar surface area (TPSA) is 203 Å². The molecule has 0 bridgehead atoms. The van der Waals surface area contributed by atoms with E-state index in [4.69, 9.17) is 27.8 Å². The molecular weight excluding hydrogens is 665 g/mol. The Morgan fingerprint density at radius 2 is 1.70 bits per heavy atom. The van der Waals surface area contributed by atoms with Gasteiger partial charge in [-0.05, 0) is 45.7 Å². The number of benzene rings is 1. The molecule has 0 saturated carbocycles. The van der Waals surface area contributed by atoms with E-state index in [1.165, 1.54) is 26.0 Å². The van der Waals surface area contributed by atoms with E-state index in [0.717, 1.165) is 23.8 Å². The highest BCUT2D eigenvalue weighted by molar-refractivity contribution is 7.52. The molecule has 0 amide bonds. The maximum absolute atomic E-state index is 16.8. The van der Waals surface area contributed by atoms with E-state index in [2.05, 4.69) is 10.2 Å². The van der Waals surface area contributed by atoms with Crippen LogP contribution in [0.1, 0.15) is 53.7 Å². The van der Waals surface area contributed by atoms with E-state index in [1.807, 2.05) is 11.9 Å². The second-order valence-corrected chi connectivity index (χ2v) is 13.6. The van der Waals surface area contributed by atoms with E-state index in [1.54, 1.807) is 25.1 Å². The third kappa shape index (κ3) is 10.7. The van der Waals surface area contributed by atoms with Crippen molar-refractivity contribution < 1.29 is 50.9 Å². The molecule has 0 radical (unpaired) electrons. The van der Waals surface area contributed by atoms with E-state index < -0.39 is 81.9 Å². The summed E-state index contributed by atoms with van der Waals surface area (Å²) in [5.74, 6) is -1.42. The number of nitrogens with one attached hydrogen (secondary N) is 3. The number of esters is 2. The Balaban J connectivity index is 1.94. The van der Waals surface area contributed by atoms with Crippen molar-refractivity contribution in [1.82, 2.24) is 19.7 Å². The molecule has 0 aliphatic carbocycles. The van der Waals surface area contributed by atoms with Crippen molar-refractivity contribution in [3.05, 3.63) is 63.4 Å². The molecule has 0 spiro atoms. The van der Waals surface area contributed by atoms with Gasteiger partial charge in [-0.2, -0.15) is 5.09 Å². The SMILES string of the molecule is CCCOC(=O)[C@H](C)N[PH](=O)OC[C@H]1O[C@@H](n2ccc(=O)[nH]c2=O)[C@](C)(F)[C@@H]1OP(=O)(N[C@@H](C)C(=O)OCCC)Oc1ccccc1. The van der Waals surface area contributed by atoms with Gasteiger partial charge in [0.25, 0.3) is 13.7 Å². The van der Waals surface area contributed by atoms with Gasteiger partial charge < -0.3 is 23.3 Å². The summed E-state index contributed by atoms with van der Waals surface area (Å²) in [5, 5.41) is 4.93. The molecule has 1 saturated heterocycles. The van der Waals surface area contributed by atoms with Gasteiger partial charge in [-0.15, -0.1) is 0 Å². The molecule has 2 aromatic rings. The van der Waals surface area contributed by atoms with Crippen LogP contribution in [-0.4, -0.2) is 71.3 Å². The van der Waals surface area contributed by atoms with Gasteiger partial charge in [-0.25, -0.2) is 18.8 Å². The molecule has 8 atom stereocenters. The minimum atomic E-state index is -4.70. The van der Waals surface area contributed by atoms with Crippen molar-refractivity contribution in [1.29, 1.82) is 0 Å². The minimum Gasteiger partial charge on any atom is -0.465 e. The third-order valence-electron chi connectivity index (χ3n) is 6.67. The molecule has 3 rings (SSSR count). The number of alkyl halides is 1. The molecule has 47 heavy (non-hydrogen) atoms. The first kappa shape index (κ1) is 38.3. The molecule has 1 aliphatic heterocycles. The maximum Gasteiger partial charge on any atom is 0.459 e. The minimum absolute atomic E-state index is 0.0383. The first-order valence-corrected chi connectivity index (χ1v) is 17.8. The number of ether oxygens (including phenoxy) is 3. The van der Waals surface area contributed by atoms with Gasteiger partial charge in [0.1, 0.15) is 30.0 Å². The van der Waals surface area contributed by atoms with Crippen LogP contribution >= 0.6 is 15.9 Å². The van der Waals surface area contributed by atoms with Crippen LogP contribution in [0.25, 0.3) is 0 Å². The average Bonchev–Trinajstić information content (AvgIpc) is 3.26. The lowest BCUT2D eigenvalue weighted by molar-refractivity contribution is -0.146. The van der Waals surface area contributed by atoms with Crippen LogP contribution in [-0.2, 0) is 42.0 Å². The van der Waals surface area contributed by atoms with Crippen LogP contribution in [0, 0.1) is 0 Å². The molecular formula is C28H41FN4O12P2. The summed E-state index contributed by atoms with van der Waals surface area (Å²) in [5.41, 5.74) is -4.46. The Hall–Kier alpha value is -3.17. The zero-order valence-corrected chi connectivity index (χ0v) is 28.5. The lowest BCUT2D eigenvalue weighted by atomic mass is 9.98. The first-order chi connectivity index (χ1) is 22.2. The van der Waals surface area contributed by atoms with Crippen molar-refractivity contribution in [2.45, 2.75) is 83.6 Å². The molecule has 262 valence electrons. The molecule has 1 aromatic carbocycles. The second-order valence-electron chi connectivity index (χ2n) is 10.8. The van der Waals surface area contributed by atoms with Crippen LogP contribution in [0.15, 0.2) is 52.2 Å². The largest absolute Gasteiger partial charge is 0.465 e. The number of hydrogen-bond acceptors (Lipinski definition) is 12. The zero-order valence-electron chi connectivity index (χ0n) is 26.6. The summed E-state index contributed by atoms with van der Waals surface area (Å²) in [6, 6.07) is 6.42. The molecule has 1 aromatic heterocycles. The molecule has 3 N–H and O–H groups in total. The smallest absolute Gasteiger partial charge is 0.459 e. The van der Waals surface area contributed by atoms with E-state index in [-0.39, 0.29) is 19.0 Å². The van der Waals surface area contributed by atoms with Gasteiger partial charge >= 0.3 is 25.4 Å². The predicted molar refractivity (Wildman–Crippen MR) is 167 cm³/mol. The van der Waals surface area contributed by atoms with Gasteiger partial charge in [0.05, 0.1) is 19.8 Å². The summed E-state index contributed by atoms with van der Waals surface area (Å²) in [4.78, 5) is 51.0. The monoisotopic (exact) mass is 706 g/mol. The highest BCUT2D eigenvalue weighted by Gasteiger charge is 2.59. The lowest BCUT2D eigenvalue weighted by Crippen LogP contribution is -2.46. The molecule has 16 nitrogen and oxygen atoms in total. The summed E-state index contributed by atoms with van der Waals surface area (Å²) < 4.78 is 77.5. The van der Waals surface area contributed by atoms with Crippen molar-refractivity contribution in [2.75, 3.05) is 19.8 Å². The maximum atomic E-state index is 16.8. The van der Waals surface area contributed by atoms with E-state index >= 15 is 4.39 Å². The summed E-state index contributed by atoms with van der Waals surface area (Å²) in [6.45, 7) is 6.95. The second kappa shape index (κ2) is 17.3. The molecule has 2 unspecified atom stereocenters. The van der Waals surface area contributed by atoms with Crippen LogP contribution in [0.5, 0.6) is 5.75 Å². The van der Waals surface area contributed by atoms with E-state index in [9.17, 15) is 28.3 Å². The molecule has 2 heterocycles. The van der Waals surface area contributed by atoms with Crippen molar-refractivity contribution in [3.8, 4) is 5.75 Å². The number of H-pyrrole nitrogens is 1. The summed E-state index contributed by atoms with van der Waals surface area (Å²) in [7, 11) is -7.88. The Bertz CT molecular complexity index is 1540. The summed E-state index contributed by atoms with van der Waals surface area (Å²) in [6.07, 6.45) is -3.05. The Labute approximate surface area is 271 Å². The normalized spacial score (nSPS) is 24.1. The Kier molecular flexibility index (Phi) is 14.1. The number of halogens is 1. The molecule has 1 fully saturated rings. The van der Waals surface area contributed by atoms with Crippen molar-refractivity contribution in [3.63, 3.8) is 0 Å². The molecule has 19 heteroatoms. The Morgan fingerprint density at radius 1 is 1.09 bits per heavy atom. The number of hydrogen-bond donors (Lipinski definition) is 3. The van der Waals surface area contributed by atoms with Gasteiger partial charge in [0.2, 0.25) is 0 Å². The number of carbonyl (C=O) groups is 2. The van der Waals surface area contributed by atoms with Crippen LogP contribution in [0.4, 0.5) is 4.39 Å². The van der Waals surface area contributed by atoms with E-state index in [0.29, 0.717) is 12.8 Å². The number of aromatic amines is 1. The fourth-order valence-electron chi connectivity index (χ4n) is 4.35. The highest BCUT2D eigenvalue weighted by atomic mass is 31.2. The Morgan fingerprint density at radius 3 is 2.30 bits per heavy atom. The van der Waals surface area contributed by atoms with Gasteiger partial charge in [0, 0.05) is 12.3 Å². The standard InChI is InChI=1S/C28H41FN4O12P2/c1-6-15-40-24(35)18(3)31-46(38)42-17-21-23(28(5,29)26(43-21)33-14-13-22(34)30-27(33)37)45-47(39,44-20-11-9-8-10-12-20)32-19(4)25(36)41-16-7-2/h8-14,18-19,21,23,26,46H,6-7,15-17H2,1-5H3,(H,31,38)(H,32,39)(H,30,34,37)/t18-,19-,21+,23+,26+,28+,47?/m0/s1.